The number of nitrogens with one attached hydrogen (secondary N) is 1. The summed E-state index contributed by atoms with van der Waals surface area (Å²) in [6.45, 7) is 4.24. The quantitative estimate of drug-likeness (QED) is 0.869. The van der Waals surface area contributed by atoms with Gasteiger partial charge in [0.15, 0.2) is 0 Å². The number of hydrogen-bond acceptors (Lipinski definition) is 4. The summed E-state index contributed by atoms with van der Waals surface area (Å²) in [7, 11) is 0. The van der Waals surface area contributed by atoms with Crippen LogP contribution in [0.4, 0.5) is 5.82 Å². The van der Waals surface area contributed by atoms with Gasteiger partial charge < -0.3 is 10.4 Å². The number of pyridine rings is 1. The molecule has 4 heteroatoms. The highest BCUT2D eigenvalue weighted by Gasteiger charge is 2.21. The van der Waals surface area contributed by atoms with E-state index in [-0.39, 0.29) is 0 Å². The van der Waals surface area contributed by atoms with E-state index >= 15 is 0 Å². The van der Waals surface area contributed by atoms with Crippen molar-refractivity contribution in [1.82, 2.24) is 4.98 Å². The van der Waals surface area contributed by atoms with Crippen molar-refractivity contribution in [3.8, 4) is 6.07 Å². The van der Waals surface area contributed by atoms with Crippen LogP contribution in [0.1, 0.15) is 49.1 Å². The number of aryl methyl sites for hydroxylation is 1. The van der Waals surface area contributed by atoms with Gasteiger partial charge in [0.25, 0.3) is 0 Å². The summed E-state index contributed by atoms with van der Waals surface area (Å²) < 4.78 is 0. The highest BCUT2D eigenvalue weighted by molar-refractivity contribution is 5.60. The molecular weight excluding hydrogens is 238 g/mol. The lowest BCUT2D eigenvalue weighted by molar-refractivity contribution is 0.208. The van der Waals surface area contributed by atoms with Crippen molar-refractivity contribution in [3.63, 3.8) is 0 Å². The average Bonchev–Trinajstić information content (AvgIpc) is 2.43. The topological polar surface area (TPSA) is 68.9 Å². The van der Waals surface area contributed by atoms with E-state index in [1.54, 1.807) is 6.92 Å². The van der Waals surface area contributed by atoms with E-state index in [0.29, 0.717) is 17.9 Å². The summed E-state index contributed by atoms with van der Waals surface area (Å²) in [5.41, 5.74) is 4.23. The molecule has 0 aliphatic heterocycles. The first kappa shape index (κ1) is 13.8. The molecule has 0 aromatic carbocycles. The van der Waals surface area contributed by atoms with Crippen LogP contribution in [-0.2, 0) is 19.3 Å². The fourth-order valence-electron chi connectivity index (χ4n) is 2.69. The lowest BCUT2D eigenvalue weighted by atomic mass is 9.87. The highest BCUT2D eigenvalue weighted by Crippen LogP contribution is 2.30. The van der Waals surface area contributed by atoms with Gasteiger partial charge in [-0.15, -0.1) is 0 Å². The molecule has 1 atom stereocenters. The second-order valence-corrected chi connectivity index (χ2v) is 5.14. The Bertz CT molecular complexity index is 503. The molecule has 0 radical (unpaired) electrons. The van der Waals surface area contributed by atoms with Crippen LogP contribution in [0.2, 0.25) is 0 Å². The van der Waals surface area contributed by atoms with E-state index in [2.05, 4.69) is 23.3 Å². The minimum atomic E-state index is -0.450. The number of fused-ring (bicyclic) bond motifs is 1. The predicted octanol–water partition coefficient (Wildman–Crippen LogP) is 2.19. The van der Waals surface area contributed by atoms with Gasteiger partial charge in [0.1, 0.15) is 11.9 Å². The second kappa shape index (κ2) is 6.03. The molecule has 1 aliphatic rings. The van der Waals surface area contributed by atoms with Gasteiger partial charge in [-0.05, 0) is 50.2 Å². The third kappa shape index (κ3) is 2.87. The molecule has 0 fully saturated rings. The van der Waals surface area contributed by atoms with E-state index in [0.717, 1.165) is 31.4 Å². The first-order valence-corrected chi connectivity index (χ1v) is 7.04. The minimum Gasteiger partial charge on any atom is -0.392 e. The van der Waals surface area contributed by atoms with Crippen molar-refractivity contribution in [1.29, 1.82) is 5.26 Å². The number of aliphatic hydroxyl groups is 1. The van der Waals surface area contributed by atoms with Crippen molar-refractivity contribution < 1.29 is 5.11 Å². The number of aliphatic hydroxyl groups excluding tert-OH is 1. The van der Waals surface area contributed by atoms with Gasteiger partial charge in [-0.25, -0.2) is 4.98 Å². The van der Waals surface area contributed by atoms with E-state index in [1.165, 1.54) is 17.5 Å². The maximum absolute atomic E-state index is 9.41. The number of rotatable bonds is 4. The summed E-state index contributed by atoms with van der Waals surface area (Å²) in [4.78, 5) is 4.60. The van der Waals surface area contributed by atoms with Gasteiger partial charge in [-0.2, -0.15) is 5.26 Å². The number of hydrogen-bond donors (Lipinski definition) is 2. The SMILES string of the molecule is CCc1nc(NC[C@@H](C)O)c(C#N)c2c1CCCC2. The monoisotopic (exact) mass is 259 g/mol. The molecule has 1 heterocycles. The van der Waals surface area contributed by atoms with Crippen LogP contribution >= 0.6 is 0 Å². The fraction of sp³-hybridized carbons (Fsp3) is 0.600. The van der Waals surface area contributed by atoms with E-state index in [4.69, 9.17) is 0 Å². The van der Waals surface area contributed by atoms with Gasteiger partial charge in [0, 0.05) is 12.2 Å². The largest absolute Gasteiger partial charge is 0.392 e. The molecule has 2 N–H and O–H groups in total. The Hall–Kier alpha value is -1.60. The van der Waals surface area contributed by atoms with Crippen LogP contribution in [-0.4, -0.2) is 22.7 Å². The van der Waals surface area contributed by atoms with Gasteiger partial charge in [0.2, 0.25) is 0 Å². The number of nitriles is 1. The van der Waals surface area contributed by atoms with Crippen LogP contribution in [0.3, 0.4) is 0 Å². The van der Waals surface area contributed by atoms with Gasteiger partial charge in [0.05, 0.1) is 11.7 Å². The molecule has 0 saturated heterocycles. The summed E-state index contributed by atoms with van der Waals surface area (Å²) in [6.07, 6.45) is 4.78. The molecule has 4 nitrogen and oxygen atoms in total. The Balaban J connectivity index is 2.45. The van der Waals surface area contributed by atoms with Crippen molar-refractivity contribution in [3.05, 3.63) is 22.4 Å². The fourth-order valence-corrected chi connectivity index (χ4v) is 2.69. The standard InChI is InChI=1S/C15H21N3O/c1-3-14-12-7-5-4-6-11(12)13(8-16)15(18-14)17-9-10(2)19/h10,19H,3-7,9H2,1-2H3,(H,17,18)/t10-/m1/s1. The third-order valence-electron chi connectivity index (χ3n) is 3.61. The Morgan fingerprint density at radius 1 is 1.37 bits per heavy atom. The molecule has 19 heavy (non-hydrogen) atoms. The molecule has 1 aromatic rings. The number of anilines is 1. The first-order valence-electron chi connectivity index (χ1n) is 7.04. The van der Waals surface area contributed by atoms with Gasteiger partial charge in [-0.3, -0.25) is 0 Å². The summed E-state index contributed by atoms with van der Waals surface area (Å²) in [5, 5.41) is 21.9. The Morgan fingerprint density at radius 2 is 2.05 bits per heavy atom. The minimum absolute atomic E-state index is 0.420. The van der Waals surface area contributed by atoms with Crippen LogP contribution in [0.25, 0.3) is 0 Å². The molecule has 102 valence electrons. The lowest BCUT2D eigenvalue weighted by Crippen LogP contribution is -2.19. The van der Waals surface area contributed by atoms with Crippen LogP contribution in [0.5, 0.6) is 0 Å². The Labute approximate surface area is 114 Å². The maximum Gasteiger partial charge on any atom is 0.144 e. The van der Waals surface area contributed by atoms with E-state index in [1.807, 2.05) is 0 Å². The smallest absolute Gasteiger partial charge is 0.144 e. The molecule has 0 unspecified atom stereocenters. The second-order valence-electron chi connectivity index (χ2n) is 5.14. The number of aromatic nitrogens is 1. The Kier molecular flexibility index (Phi) is 4.39. The number of nitrogens with zero attached hydrogens (tertiary/aromatic N) is 2. The van der Waals surface area contributed by atoms with Crippen molar-refractivity contribution in [2.24, 2.45) is 0 Å². The normalized spacial score (nSPS) is 15.5. The molecule has 1 aromatic heterocycles. The van der Waals surface area contributed by atoms with Crippen molar-refractivity contribution >= 4 is 5.82 Å². The molecule has 2 rings (SSSR count). The first-order chi connectivity index (χ1) is 9.17. The molecule has 0 amide bonds. The summed E-state index contributed by atoms with van der Waals surface area (Å²) in [6, 6.07) is 2.29. The lowest BCUT2D eigenvalue weighted by Gasteiger charge is -2.22. The predicted molar refractivity (Wildman–Crippen MR) is 75.1 cm³/mol. The molecule has 0 saturated carbocycles. The highest BCUT2D eigenvalue weighted by atomic mass is 16.3. The summed E-state index contributed by atoms with van der Waals surface area (Å²) in [5.74, 6) is 0.640. The zero-order valence-electron chi connectivity index (χ0n) is 11.7. The molecule has 0 bridgehead atoms. The zero-order valence-corrected chi connectivity index (χ0v) is 11.7. The summed E-state index contributed by atoms with van der Waals surface area (Å²) >= 11 is 0. The molecule has 0 spiro atoms. The maximum atomic E-state index is 9.41. The molecular formula is C15H21N3O. The van der Waals surface area contributed by atoms with Crippen molar-refractivity contribution in [2.75, 3.05) is 11.9 Å². The van der Waals surface area contributed by atoms with Crippen LogP contribution < -0.4 is 5.32 Å². The van der Waals surface area contributed by atoms with Gasteiger partial charge >= 0.3 is 0 Å². The molecule has 1 aliphatic carbocycles. The van der Waals surface area contributed by atoms with Crippen LogP contribution in [0, 0.1) is 11.3 Å². The van der Waals surface area contributed by atoms with Gasteiger partial charge in [-0.1, -0.05) is 6.92 Å². The average molecular weight is 259 g/mol. The van der Waals surface area contributed by atoms with Crippen LogP contribution in [0.15, 0.2) is 0 Å². The Morgan fingerprint density at radius 3 is 2.63 bits per heavy atom. The van der Waals surface area contributed by atoms with E-state index < -0.39 is 6.10 Å². The van der Waals surface area contributed by atoms with E-state index in [9.17, 15) is 10.4 Å². The zero-order chi connectivity index (χ0) is 13.8. The third-order valence-corrected chi connectivity index (χ3v) is 3.61. The van der Waals surface area contributed by atoms with Crippen molar-refractivity contribution in [2.45, 2.75) is 52.1 Å².